The van der Waals surface area contributed by atoms with Crippen LogP contribution in [0, 0.1) is 0 Å². The average Bonchev–Trinajstić information content (AvgIpc) is 2.22. The fourth-order valence-corrected chi connectivity index (χ4v) is 2.62. The summed E-state index contributed by atoms with van der Waals surface area (Å²) in [6, 6.07) is 0.530. The second kappa shape index (κ2) is 8.34. The second-order valence-corrected chi connectivity index (χ2v) is 5.78. The Balaban J connectivity index is 3.63. The van der Waals surface area contributed by atoms with Crippen LogP contribution in [-0.2, 0) is 8.85 Å². The summed E-state index contributed by atoms with van der Waals surface area (Å²) in [7, 11) is -1.44. The zero-order chi connectivity index (χ0) is 10.9. The Morgan fingerprint density at radius 2 is 1.79 bits per heavy atom. The van der Waals surface area contributed by atoms with E-state index in [4.69, 9.17) is 20.3 Å². The smallest absolute Gasteiger partial charge is 0.390 e. The molecule has 0 fully saturated rings. The summed E-state index contributed by atoms with van der Waals surface area (Å²) in [5.41, 5.74) is 10.7. The van der Waals surface area contributed by atoms with E-state index in [0.717, 1.165) is 19.3 Å². The minimum absolute atomic E-state index is 0.512. The third-order valence-corrected chi connectivity index (χ3v) is 4.22. The zero-order valence-corrected chi connectivity index (χ0v) is 9.87. The molecule has 5 N–H and O–H groups in total. The molecule has 1 atom stereocenters. The van der Waals surface area contributed by atoms with Crippen LogP contribution in [0.4, 0.5) is 0 Å². The first-order chi connectivity index (χ1) is 6.68. The predicted molar refractivity (Wildman–Crippen MR) is 57.7 cm³/mol. The first-order valence-corrected chi connectivity index (χ1v) is 6.97. The fraction of sp³-hybridized carbons (Fsp3) is 1.00. The van der Waals surface area contributed by atoms with Gasteiger partial charge in [-0.05, 0) is 32.4 Å². The van der Waals surface area contributed by atoms with Gasteiger partial charge in [0, 0.05) is 19.8 Å². The normalized spacial score (nSPS) is 15.4. The monoisotopic (exact) mass is 222 g/mol. The molecule has 0 heterocycles. The molecule has 0 aliphatic rings. The Hall–Kier alpha value is 0.0169. The SMILES string of the molecule is CO[Si](O)(CCCN)OCCCCN. The van der Waals surface area contributed by atoms with Crippen LogP contribution in [0.1, 0.15) is 19.3 Å². The first-order valence-electron chi connectivity index (χ1n) is 5.00. The maximum Gasteiger partial charge on any atom is 0.497 e. The van der Waals surface area contributed by atoms with E-state index in [2.05, 4.69) is 0 Å². The molecule has 6 heteroatoms. The second-order valence-electron chi connectivity index (χ2n) is 3.15. The standard InChI is InChI=1S/C8H22N2O3Si/c1-12-14(11,8-4-6-10)13-7-3-2-5-9/h11H,2-10H2,1H3. The molecule has 0 saturated carbocycles. The number of nitrogens with two attached hydrogens (primary N) is 2. The molecule has 14 heavy (non-hydrogen) atoms. The van der Waals surface area contributed by atoms with E-state index < -0.39 is 8.80 Å². The summed E-state index contributed by atoms with van der Waals surface area (Å²) in [5, 5.41) is 0. The van der Waals surface area contributed by atoms with Gasteiger partial charge < -0.3 is 25.1 Å². The Bertz CT molecular complexity index is 140. The lowest BCUT2D eigenvalue weighted by atomic mass is 10.3. The third kappa shape index (κ3) is 6.47. The molecule has 1 unspecified atom stereocenters. The van der Waals surface area contributed by atoms with Crippen molar-refractivity contribution < 1.29 is 13.6 Å². The van der Waals surface area contributed by atoms with E-state index in [1.54, 1.807) is 0 Å². The highest BCUT2D eigenvalue weighted by molar-refractivity contribution is 6.59. The molecule has 86 valence electrons. The van der Waals surface area contributed by atoms with Crippen molar-refractivity contribution in [3.8, 4) is 0 Å². The van der Waals surface area contributed by atoms with Gasteiger partial charge in [-0.15, -0.1) is 0 Å². The maximum atomic E-state index is 9.86. The third-order valence-electron chi connectivity index (χ3n) is 1.94. The van der Waals surface area contributed by atoms with Gasteiger partial charge in [0.05, 0.1) is 0 Å². The van der Waals surface area contributed by atoms with Crippen molar-refractivity contribution >= 4 is 8.80 Å². The summed E-state index contributed by atoms with van der Waals surface area (Å²) in [6.45, 7) is 1.71. The summed E-state index contributed by atoms with van der Waals surface area (Å²) < 4.78 is 10.3. The van der Waals surface area contributed by atoms with Gasteiger partial charge in [-0.2, -0.15) is 0 Å². The molecule has 5 nitrogen and oxygen atoms in total. The van der Waals surface area contributed by atoms with Crippen molar-refractivity contribution in [1.82, 2.24) is 0 Å². The quantitative estimate of drug-likeness (QED) is 0.367. The maximum absolute atomic E-state index is 9.86. The van der Waals surface area contributed by atoms with Crippen LogP contribution in [0.2, 0.25) is 6.04 Å². The summed E-state index contributed by atoms with van der Waals surface area (Å²) in [4.78, 5) is 9.86. The molecule has 0 aromatic carbocycles. The van der Waals surface area contributed by atoms with Crippen LogP contribution in [0.5, 0.6) is 0 Å². The van der Waals surface area contributed by atoms with Gasteiger partial charge in [0.15, 0.2) is 0 Å². The minimum atomic E-state index is -2.92. The van der Waals surface area contributed by atoms with E-state index in [0.29, 0.717) is 25.7 Å². The number of hydrogen-bond donors (Lipinski definition) is 3. The molecule has 0 rings (SSSR count). The molecule has 0 amide bonds. The molecular formula is C8H22N2O3Si. The van der Waals surface area contributed by atoms with Crippen molar-refractivity contribution in [2.45, 2.75) is 25.3 Å². The Morgan fingerprint density at radius 1 is 1.14 bits per heavy atom. The Kier molecular flexibility index (Phi) is 8.35. The van der Waals surface area contributed by atoms with Crippen molar-refractivity contribution in [1.29, 1.82) is 0 Å². The van der Waals surface area contributed by atoms with Crippen LogP contribution >= 0.6 is 0 Å². The molecule has 0 radical (unpaired) electrons. The van der Waals surface area contributed by atoms with Gasteiger partial charge in [0.25, 0.3) is 0 Å². The van der Waals surface area contributed by atoms with Crippen LogP contribution in [0.3, 0.4) is 0 Å². The molecule has 0 saturated heterocycles. The van der Waals surface area contributed by atoms with E-state index in [9.17, 15) is 4.80 Å². The van der Waals surface area contributed by atoms with Gasteiger partial charge in [0.1, 0.15) is 0 Å². The Morgan fingerprint density at radius 3 is 2.29 bits per heavy atom. The number of rotatable bonds is 9. The average molecular weight is 222 g/mol. The van der Waals surface area contributed by atoms with E-state index in [1.807, 2.05) is 0 Å². The van der Waals surface area contributed by atoms with Crippen LogP contribution in [0.25, 0.3) is 0 Å². The summed E-state index contributed by atoms with van der Waals surface area (Å²) >= 11 is 0. The topological polar surface area (TPSA) is 90.7 Å². The van der Waals surface area contributed by atoms with Crippen molar-refractivity contribution in [3.05, 3.63) is 0 Å². The zero-order valence-electron chi connectivity index (χ0n) is 8.87. The van der Waals surface area contributed by atoms with Crippen LogP contribution < -0.4 is 11.5 Å². The summed E-state index contributed by atoms with van der Waals surface area (Å²) in [6.07, 6.45) is 2.50. The largest absolute Gasteiger partial charge is 0.497 e. The van der Waals surface area contributed by atoms with Gasteiger partial charge in [0.2, 0.25) is 0 Å². The summed E-state index contributed by atoms with van der Waals surface area (Å²) in [5.74, 6) is 0. The molecule has 0 bridgehead atoms. The highest BCUT2D eigenvalue weighted by atomic mass is 28.4. The molecule has 0 aromatic rings. The highest BCUT2D eigenvalue weighted by Gasteiger charge is 2.34. The Labute approximate surface area is 86.7 Å². The predicted octanol–water partition coefficient (Wildman–Crippen LogP) is -0.332. The lowest BCUT2D eigenvalue weighted by Crippen LogP contribution is -2.42. The van der Waals surface area contributed by atoms with Gasteiger partial charge in [-0.25, -0.2) is 0 Å². The van der Waals surface area contributed by atoms with Crippen molar-refractivity contribution in [2.24, 2.45) is 11.5 Å². The molecule has 0 spiro atoms. The van der Waals surface area contributed by atoms with Gasteiger partial charge in [-0.3, -0.25) is 0 Å². The van der Waals surface area contributed by atoms with Crippen molar-refractivity contribution in [2.75, 3.05) is 26.8 Å². The van der Waals surface area contributed by atoms with Crippen LogP contribution in [-0.4, -0.2) is 40.4 Å². The molecule has 0 aliphatic heterocycles. The van der Waals surface area contributed by atoms with Crippen LogP contribution in [0.15, 0.2) is 0 Å². The number of unbranched alkanes of at least 4 members (excludes halogenated alkanes) is 1. The molecular weight excluding hydrogens is 200 g/mol. The highest BCUT2D eigenvalue weighted by Crippen LogP contribution is 2.11. The van der Waals surface area contributed by atoms with E-state index in [1.165, 1.54) is 7.11 Å². The lowest BCUT2D eigenvalue weighted by molar-refractivity contribution is 0.119. The number of hydrogen-bond acceptors (Lipinski definition) is 5. The van der Waals surface area contributed by atoms with E-state index in [-0.39, 0.29) is 0 Å². The minimum Gasteiger partial charge on any atom is -0.390 e. The van der Waals surface area contributed by atoms with Gasteiger partial charge >= 0.3 is 8.80 Å². The van der Waals surface area contributed by atoms with Crippen molar-refractivity contribution in [3.63, 3.8) is 0 Å². The van der Waals surface area contributed by atoms with E-state index >= 15 is 0 Å². The molecule has 0 aliphatic carbocycles. The first kappa shape index (κ1) is 14.0. The molecule has 0 aromatic heterocycles. The lowest BCUT2D eigenvalue weighted by Gasteiger charge is -2.21. The fourth-order valence-electron chi connectivity index (χ4n) is 1.04. The van der Waals surface area contributed by atoms with Gasteiger partial charge in [-0.1, -0.05) is 0 Å².